The second-order valence-electron chi connectivity index (χ2n) is 4.79. The standard InChI is InChI=1S/C13H19N5O2/c1-4-5-6-10(20-8-19)12-15-9-7-14-13(18(2)3)17-11(9)16-12/h7-8,10H,4-6H2,1-3H3,(H,14,15,16,17). The minimum atomic E-state index is -0.357. The number of nitrogens with zero attached hydrogens (tertiary/aromatic N) is 4. The molecule has 0 spiro atoms. The van der Waals surface area contributed by atoms with Crippen LogP contribution in [0.3, 0.4) is 0 Å². The molecule has 0 aliphatic rings. The molecule has 1 atom stereocenters. The Morgan fingerprint density at radius 1 is 1.45 bits per heavy atom. The summed E-state index contributed by atoms with van der Waals surface area (Å²) in [6.45, 7) is 2.55. The number of anilines is 1. The lowest BCUT2D eigenvalue weighted by Crippen LogP contribution is -2.12. The van der Waals surface area contributed by atoms with Gasteiger partial charge in [0.15, 0.2) is 17.6 Å². The quantitative estimate of drug-likeness (QED) is 0.777. The van der Waals surface area contributed by atoms with Gasteiger partial charge in [-0.25, -0.2) is 9.97 Å². The van der Waals surface area contributed by atoms with Crippen molar-refractivity contribution in [2.45, 2.75) is 32.3 Å². The fourth-order valence-corrected chi connectivity index (χ4v) is 1.91. The van der Waals surface area contributed by atoms with Gasteiger partial charge in [-0.05, 0) is 12.8 Å². The van der Waals surface area contributed by atoms with Crippen molar-refractivity contribution in [1.29, 1.82) is 0 Å². The molecule has 0 saturated carbocycles. The SMILES string of the molecule is CCCCC(OC=O)c1nc2nc(N(C)C)ncc2[nH]1. The van der Waals surface area contributed by atoms with E-state index in [1.807, 2.05) is 19.0 Å². The van der Waals surface area contributed by atoms with Crippen LogP contribution in [0.25, 0.3) is 11.2 Å². The normalized spacial score (nSPS) is 12.3. The average Bonchev–Trinajstić information content (AvgIpc) is 2.85. The molecule has 0 bridgehead atoms. The van der Waals surface area contributed by atoms with Crippen LogP contribution in [0.4, 0.5) is 5.95 Å². The van der Waals surface area contributed by atoms with Gasteiger partial charge >= 0.3 is 0 Å². The van der Waals surface area contributed by atoms with Crippen molar-refractivity contribution < 1.29 is 9.53 Å². The lowest BCUT2D eigenvalue weighted by molar-refractivity contribution is -0.134. The van der Waals surface area contributed by atoms with E-state index in [0.29, 0.717) is 23.9 Å². The summed E-state index contributed by atoms with van der Waals surface area (Å²) in [6, 6.07) is 0. The number of ether oxygens (including phenoxy) is 1. The Bertz CT molecular complexity index is 581. The Balaban J connectivity index is 2.30. The van der Waals surface area contributed by atoms with Crippen LogP contribution in [0.1, 0.15) is 38.1 Å². The van der Waals surface area contributed by atoms with Gasteiger partial charge < -0.3 is 14.6 Å². The second kappa shape index (κ2) is 6.31. The van der Waals surface area contributed by atoms with E-state index >= 15 is 0 Å². The summed E-state index contributed by atoms with van der Waals surface area (Å²) in [5.41, 5.74) is 1.32. The van der Waals surface area contributed by atoms with Gasteiger partial charge in [0.2, 0.25) is 5.95 Å². The summed E-state index contributed by atoms with van der Waals surface area (Å²) in [5, 5.41) is 0. The summed E-state index contributed by atoms with van der Waals surface area (Å²) < 4.78 is 5.10. The van der Waals surface area contributed by atoms with Gasteiger partial charge in [0.1, 0.15) is 5.52 Å². The summed E-state index contributed by atoms with van der Waals surface area (Å²) in [5.74, 6) is 1.21. The van der Waals surface area contributed by atoms with Crippen LogP contribution in [0.2, 0.25) is 0 Å². The van der Waals surface area contributed by atoms with Gasteiger partial charge in [-0.1, -0.05) is 13.3 Å². The molecule has 0 aliphatic carbocycles. The molecule has 7 heteroatoms. The Labute approximate surface area is 117 Å². The van der Waals surface area contributed by atoms with Crippen molar-refractivity contribution in [3.05, 3.63) is 12.0 Å². The molecule has 0 saturated heterocycles. The molecule has 20 heavy (non-hydrogen) atoms. The molecule has 108 valence electrons. The number of aromatic amines is 1. The predicted octanol–water partition coefficient (Wildman–Crippen LogP) is 1.82. The van der Waals surface area contributed by atoms with Crippen molar-refractivity contribution in [1.82, 2.24) is 19.9 Å². The number of H-pyrrole nitrogens is 1. The third-order valence-corrected chi connectivity index (χ3v) is 2.99. The molecule has 0 amide bonds. The molecular weight excluding hydrogens is 258 g/mol. The Kier molecular flexibility index (Phi) is 4.49. The molecule has 2 aromatic heterocycles. The summed E-state index contributed by atoms with van der Waals surface area (Å²) in [7, 11) is 3.74. The van der Waals surface area contributed by atoms with Crippen molar-refractivity contribution >= 4 is 23.6 Å². The van der Waals surface area contributed by atoms with Crippen molar-refractivity contribution in [2.24, 2.45) is 0 Å². The number of imidazole rings is 1. The smallest absolute Gasteiger partial charge is 0.293 e. The highest BCUT2D eigenvalue weighted by Crippen LogP contribution is 2.22. The van der Waals surface area contributed by atoms with Crippen LogP contribution in [0.15, 0.2) is 6.20 Å². The van der Waals surface area contributed by atoms with E-state index < -0.39 is 0 Å². The number of nitrogens with one attached hydrogen (secondary N) is 1. The molecule has 2 aromatic rings. The Morgan fingerprint density at radius 2 is 2.25 bits per heavy atom. The van der Waals surface area contributed by atoms with Crippen LogP contribution in [-0.2, 0) is 9.53 Å². The van der Waals surface area contributed by atoms with E-state index in [-0.39, 0.29) is 6.10 Å². The van der Waals surface area contributed by atoms with Crippen molar-refractivity contribution in [3.8, 4) is 0 Å². The van der Waals surface area contributed by atoms with E-state index in [9.17, 15) is 4.79 Å². The van der Waals surface area contributed by atoms with E-state index in [1.54, 1.807) is 6.20 Å². The highest BCUT2D eigenvalue weighted by atomic mass is 16.5. The maximum atomic E-state index is 10.6. The van der Waals surface area contributed by atoms with E-state index in [1.165, 1.54) is 0 Å². The largest absolute Gasteiger partial charge is 0.456 e. The molecule has 1 N–H and O–H groups in total. The summed E-state index contributed by atoms with van der Waals surface area (Å²) >= 11 is 0. The number of hydrogen-bond acceptors (Lipinski definition) is 6. The molecule has 0 radical (unpaired) electrons. The number of aromatic nitrogens is 4. The lowest BCUT2D eigenvalue weighted by atomic mass is 10.1. The number of unbranched alkanes of at least 4 members (excludes halogenated alkanes) is 1. The molecule has 0 aromatic carbocycles. The van der Waals surface area contributed by atoms with E-state index in [0.717, 1.165) is 24.8 Å². The highest BCUT2D eigenvalue weighted by molar-refractivity contribution is 5.70. The number of carbonyl (C=O) groups excluding carboxylic acids is 1. The zero-order valence-electron chi connectivity index (χ0n) is 12.0. The van der Waals surface area contributed by atoms with Gasteiger partial charge in [0, 0.05) is 14.1 Å². The van der Waals surface area contributed by atoms with Crippen LogP contribution >= 0.6 is 0 Å². The Morgan fingerprint density at radius 3 is 2.90 bits per heavy atom. The van der Waals surface area contributed by atoms with Crippen molar-refractivity contribution in [3.63, 3.8) is 0 Å². The number of carbonyl (C=O) groups is 1. The molecule has 2 rings (SSSR count). The van der Waals surface area contributed by atoms with E-state index in [2.05, 4.69) is 26.9 Å². The zero-order chi connectivity index (χ0) is 14.5. The van der Waals surface area contributed by atoms with Gasteiger partial charge in [-0.2, -0.15) is 4.98 Å². The van der Waals surface area contributed by atoms with Gasteiger partial charge in [-0.3, -0.25) is 4.79 Å². The summed E-state index contributed by atoms with van der Waals surface area (Å²) in [6.07, 6.45) is 4.06. The number of hydrogen-bond donors (Lipinski definition) is 1. The minimum Gasteiger partial charge on any atom is -0.456 e. The first-order valence-electron chi connectivity index (χ1n) is 6.64. The molecule has 0 fully saturated rings. The zero-order valence-corrected chi connectivity index (χ0v) is 12.0. The van der Waals surface area contributed by atoms with Crippen LogP contribution in [0, 0.1) is 0 Å². The third kappa shape index (κ3) is 3.04. The summed E-state index contributed by atoms with van der Waals surface area (Å²) in [4.78, 5) is 28.5. The molecule has 1 unspecified atom stereocenters. The molecule has 0 aliphatic heterocycles. The molecule has 7 nitrogen and oxygen atoms in total. The number of fused-ring (bicyclic) bond motifs is 1. The maximum Gasteiger partial charge on any atom is 0.293 e. The van der Waals surface area contributed by atoms with Crippen LogP contribution < -0.4 is 4.90 Å². The van der Waals surface area contributed by atoms with Gasteiger partial charge in [-0.15, -0.1) is 0 Å². The van der Waals surface area contributed by atoms with Gasteiger partial charge in [0.25, 0.3) is 6.47 Å². The van der Waals surface area contributed by atoms with E-state index in [4.69, 9.17) is 4.74 Å². The first kappa shape index (κ1) is 14.2. The molecule has 2 heterocycles. The fourth-order valence-electron chi connectivity index (χ4n) is 1.91. The first-order chi connectivity index (χ1) is 9.65. The number of rotatable bonds is 7. The lowest BCUT2D eigenvalue weighted by Gasteiger charge is -2.11. The molecular formula is C13H19N5O2. The monoisotopic (exact) mass is 277 g/mol. The Hall–Kier alpha value is -2.18. The van der Waals surface area contributed by atoms with Crippen LogP contribution in [-0.4, -0.2) is 40.5 Å². The van der Waals surface area contributed by atoms with Crippen LogP contribution in [0.5, 0.6) is 0 Å². The topological polar surface area (TPSA) is 84.0 Å². The third-order valence-electron chi connectivity index (χ3n) is 2.99. The van der Waals surface area contributed by atoms with Gasteiger partial charge in [0.05, 0.1) is 6.20 Å². The predicted molar refractivity (Wildman–Crippen MR) is 75.4 cm³/mol. The fraction of sp³-hybridized carbons (Fsp3) is 0.538. The first-order valence-corrected chi connectivity index (χ1v) is 6.64. The van der Waals surface area contributed by atoms with Crippen molar-refractivity contribution in [2.75, 3.05) is 19.0 Å². The highest BCUT2D eigenvalue weighted by Gasteiger charge is 2.17. The second-order valence-corrected chi connectivity index (χ2v) is 4.79. The minimum absolute atomic E-state index is 0.357. The maximum absolute atomic E-state index is 10.6. The average molecular weight is 277 g/mol.